The summed E-state index contributed by atoms with van der Waals surface area (Å²) in [7, 11) is 0. The molecular formula is C22H26BrIN2O3. The van der Waals surface area contributed by atoms with E-state index >= 15 is 0 Å². The third-order valence-electron chi connectivity index (χ3n) is 4.61. The molecular weight excluding hydrogens is 547 g/mol. The second kappa shape index (κ2) is 11.5. The summed E-state index contributed by atoms with van der Waals surface area (Å²) in [6.45, 7) is 5.91. The number of carbonyl (C=O) groups is 2. The van der Waals surface area contributed by atoms with Crippen LogP contribution >= 0.6 is 38.5 Å². The Morgan fingerprint density at radius 1 is 1.10 bits per heavy atom. The van der Waals surface area contributed by atoms with Gasteiger partial charge in [-0.2, -0.15) is 0 Å². The van der Waals surface area contributed by atoms with E-state index in [0.717, 1.165) is 20.0 Å². The van der Waals surface area contributed by atoms with Gasteiger partial charge in [0.1, 0.15) is 11.8 Å². The Kier molecular flexibility index (Phi) is 9.42. The van der Waals surface area contributed by atoms with Crippen molar-refractivity contribution in [1.29, 1.82) is 0 Å². The number of halogens is 2. The van der Waals surface area contributed by atoms with Gasteiger partial charge in [-0.1, -0.05) is 35.0 Å². The van der Waals surface area contributed by atoms with Crippen molar-refractivity contribution in [1.82, 2.24) is 10.2 Å². The first kappa shape index (κ1) is 23.7. The molecule has 2 aromatic carbocycles. The molecule has 2 rings (SSSR count). The first-order valence-electron chi connectivity index (χ1n) is 9.52. The maximum Gasteiger partial charge on any atom is 0.261 e. The van der Waals surface area contributed by atoms with Crippen LogP contribution in [0.5, 0.6) is 5.75 Å². The highest BCUT2D eigenvalue weighted by atomic mass is 127. The monoisotopic (exact) mass is 572 g/mol. The van der Waals surface area contributed by atoms with Gasteiger partial charge in [0.2, 0.25) is 5.91 Å². The van der Waals surface area contributed by atoms with E-state index in [4.69, 9.17) is 4.74 Å². The van der Waals surface area contributed by atoms with Gasteiger partial charge in [-0.3, -0.25) is 9.59 Å². The molecule has 156 valence electrons. The zero-order valence-corrected chi connectivity index (χ0v) is 20.6. The van der Waals surface area contributed by atoms with Crippen molar-refractivity contribution in [2.24, 2.45) is 0 Å². The molecule has 0 aliphatic carbocycles. The van der Waals surface area contributed by atoms with E-state index in [1.54, 1.807) is 11.8 Å². The highest BCUT2D eigenvalue weighted by Gasteiger charge is 2.27. The molecule has 0 saturated carbocycles. The van der Waals surface area contributed by atoms with Crippen molar-refractivity contribution in [3.63, 3.8) is 0 Å². The van der Waals surface area contributed by atoms with Crippen molar-refractivity contribution >= 4 is 50.3 Å². The molecule has 0 spiro atoms. The van der Waals surface area contributed by atoms with Crippen LogP contribution in [0, 0.1) is 3.57 Å². The minimum absolute atomic E-state index is 0.0534. The first-order valence-corrected chi connectivity index (χ1v) is 11.4. The van der Waals surface area contributed by atoms with E-state index in [1.165, 1.54) is 0 Å². The predicted octanol–water partition coefficient (Wildman–Crippen LogP) is 4.76. The number of hydrogen-bond donors (Lipinski definition) is 1. The van der Waals surface area contributed by atoms with Crippen molar-refractivity contribution in [2.45, 2.75) is 45.8 Å². The van der Waals surface area contributed by atoms with Gasteiger partial charge >= 0.3 is 0 Å². The molecule has 0 unspecified atom stereocenters. The molecule has 2 aromatic rings. The fourth-order valence-electron chi connectivity index (χ4n) is 2.59. The number of ether oxygens (including phenoxy) is 1. The molecule has 5 nitrogen and oxygen atoms in total. The Bertz CT molecular complexity index is 812. The van der Waals surface area contributed by atoms with Gasteiger partial charge in [0, 0.05) is 20.6 Å². The smallest absolute Gasteiger partial charge is 0.261 e. The second-order valence-corrected chi connectivity index (χ2v) is 9.05. The van der Waals surface area contributed by atoms with Crippen LogP contribution < -0.4 is 10.1 Å². The summed E-state index contributed by atoms with van der Waals surface area (Å²) in [4.78, 5) is 27.2. The van der Waals surface area contributed by atoms with Crippen LogP contribution in [-0.2, 0) is 16.1 Å². The fourth-order valence-corrected chi connectivity index (χ4v) is 3.22. The molecule has 0 radical (unpaired) electrons. The zero-order valence-electron chi connectivity index (χ0n) is 16.8. The summed E-state index contributed by atoms with van der Waals surface area (Å²) >= 11 is 5.63. The third-order valence-corrected chi connectivity index (χ3v) is 5.86. The highest BCUT2D eigenvalue weighted by molar-refractivity contribution is 14.1. The Morgan fingerprint density at radius 2 is 1.72 bits per heavy atom. The van der Waals surface area contributed by atoms with Gasteiger partial charge in [-0.15, -0.1) is 0 Å². The Hall–Kier alpha value is -1.61. The number of carbonyl (C=O) groups excluding carboxylic acids is 2. The average molecular weight is 573 g/mol. The summed E-state index contributed by atoms with van der Waals surface area (Å²) in [5, 5.41) is 2.96. The van der Waals surface area contributed by atoms with Crippen LogP contribution in [0.2, 0.25) is 0 Å². The summed E-state index contributed by atoms with van der Waals surface area (Å²) < 4.78 is 7.71. The topological polar surface area (TPSA) is 58.6 Å². The van der Waals surface area contributed by atoms with E-state index < -0.39 is 6.04 Å². The van der Waals surface area contributed by atoms with Crippen molar-refractivity contribution in [3.8, 4) is 5.75 Å². The minimum Gasteiger partial charge on any atom is -0.484 e. The SMILES string of the molecule is CC[C@H](C)NC(=O)[C@@H](C)N(Cc1ccc(Br)cc1)C(=O)COc1ccc(I)cc1. The van der Waals surface area contributed by atoms with E-state index in [-0.39, 0.29) is 24.5 Å². The molecule has 1 N–H and O–H groups in total. The normalized spacial score (nSPS) is 12.7. The van der Waals surface area contributed by atoms with E-state index in [9.17, 15) is 9.59 Å². The van der Waals surface area contributed by atoms with Gasteiger partial charge in [-0.25, -0.2) is 0 Å². The Morgan fingerprint density at radius 3 is 2.31 bits per heavy atom. The van der Waals surface area contributed by atoms with Crippen LogP contribution in [0.3, 0.4) is 0 Å². The number of benzene rings is 2. The maximum atomic E-state index is 13.0. The lowest BCUT2D eigenvalue weighted by molar-refractivity contribution is -0.142. The maximum absolute atomic E-state index is 13.0. The lowest BCUT2D eigenvalue weighted by Gasteiger charge is -2.29. The van der Waals surface area contributed by atoms with Crippen LogP contribution in [0.4, 0.5) is 0 Å². The van der Waals surface area contributed by atoms with Crippen LogP contribution in [0.15, 0.2) is 53.0 Å². The molecule has 0 saturated heterocycles. The summed E-state index contributed by atoms with van der Waals surface area (Å²) in [5.41, 5.74) is 0.944. The summed E-state index contributed by atoms with van der Waals surface area (Å²) in [6, 6.07) is 14.6. The van der Waals surface area contributed by atoms with Crippen molar-refractivity contribution in [3.05, 3.63) is 62.1 Å². The van der Waals surface area contributed by atoms with Gasteiger partial charge in [0.25, 0.3) is 5.91 Å². The lowest BCUT2D eigenvalue weighted by Crippen LogP contribution is -2.50. The quantitative estimate of drug-likeness (QED) is 0.441. The van der Waals surface area contributed by atoms with E-state index in [0.29, 0.717) is 12.3 Å². The lowest BCUT2D eigenvalue weighted by atomic mass is 10.1. The predicted molar refractivity (Wildman–Crippen MR) is 127 cm³/mol. The largest absolute Gasteiger partial charge is 0.484 e. The molecule has 0 aliphatic rings. The molecule has 0 heterocycles. The molecule has 2 amide bonds. The zero-order chi connectivity index (χ0) is 21.4. The van der Waals surface area contributed by atoms with Gasteiger partial charge in [0.15, 0.2) is 6.61 Å². The second-order valence-electron chi connectivity index (χ2n) is 6.88. The molecule has 29 heavy (non-hydrogen) atoms. The standard InChI is InChI=1S/C22H26BrIN2O3/c1-4-15(2)25-22(28)16(3)26(13-17-5-7-18(23)8-6-17)21(27)14-29-20-11-9-19(24)10-12-20/h5-12,15-16H,4,13-14H2,1-3H3,(H,25,28)/t15-,16+/m0/s1. The van der Waals surface area contributed by atoms with Gasteiger partial charge in [0.05, 0.1) is 0 Å². The van der Waals surface area contributed by atoms with Gasteiger partial charge in [-0.05, 0) is 84.8 Å². The number of rotatable bonds is 9. The number of amides is 2. The fraction of sp³-hybridized carbons (Fsp3) is 0.364. The first-order chi connectivity index (χ1) is 13.8. The number of nitrogens with one attached hydrogen (secondary N) is 1. The molecule has 2 atom stereocenters. The van der Waals surface area contributed by atoms with E-state index in [2.05, 4.69) is 43.8 Å². The van der Waals surface area contributed by atoms with E-state index in [1.807, 2.05) is 62.4 Å². The molecule has 0 fully saturated rings. The van der Waals surface area contributed by atoms with Crippen LogP contribution in [-0.4, -0.2) is 35.4 Å². The average Bonchev–Trinajstić information content (AvgIpc) is 2.72. The molecule has 0 aliphatic heterocycles. The molecule has 7 heteroatoms. The summed E-state index contributed by atoms with van der Waals surface area (Å²) in [6.07, 6.45) is 0.828. The highest BCUT2D eigenvalue weighted by Crippen LogP contribution is 2.16. The van der Waals surface area contributed by atoms with Crippen molar-refractivity contribution < 1.29 is 14.3 Å². The number of hydrogen-bond acceptors (Lipinski definition) is 3. The Labute approximate surface area is 194 Å². The summed E-state index contributed by atoms with van der Waals surface area (Å²) in [5.74, 6) is 0.219. The van der Waals surface area contributed by atoms with Crippen LogP contribution in [0.25, 0.3) is 0 Å². The Balaban J connectivity index is 2.13. The molecule has 0 bridgehead atoms. The third kappa shape index (κ3) is 7.62. The van der Waals surface area contributed by atoms with Crippen LogP contribution in [0.1, 0.15) is 32.8 Å². The minimum atomic E-state index is -0.611. The number of nitrogens with zero attached hydrogens (tertiary/aromatic N) is 1. The molecule has 0 aromatic heterocycles. The van der Waals surface area contributed by atoms with Gasteiger partial charge < -0.3 is 15.0 Å². The van der Waals surface area contributed by atoms with Crippen molar-refractivity contribution in [2.75, 3.05) is 6.61 Å².